The first-order chi connectivity index (χ1) is 9.68. The second kappa shape index (κ2) is 6.77. The van der Waals surface area contributed by atoms with Crippen molar-refractivity contribution in [1.82, 2.24) is 4.31 Å². The molecule has 1 amide bonds. The zero-order valence-electron chi connectivity index (χ0n) is 12.4. The molecular weight excluding hydrogens is 294 g/mol. The molecule has 0 radical (unpaired) electrons. The Morgan fingerprint density at radius 3 is 2.43 bits per heavy atom. The number of nitrogens with two attached hydrogens (primary N) is 2. The summed E-state index contributed by atoms with van der Waals surface area (Å²) in [6.07, 6.45) is 0. The summed E-state index contributed by atoms with van der Waals surface area (Å²) >= 11 is 0. The fourth-order valence-corrected chi connectivity index (χ4v) is 3.52. The van der Waals surface area contributed by atoms with Crippen LogP contribution >= 0.6 is 0 Å². The summed E-state index contributed by atoms with van der Waals surface area (Å²) in [4.78, 5) is 11.1. The smallest absolute Gasteiger partial charge is 0.245 e. The third-order valence-electron chi connectivity index (χ3n) is 2.74. The predicted molar refractivity (Wildman–Crippen MR) is 80.2 cm³/mol. The first-order valence-electron chi connectivity index (χ1n) is 6.40. The summed E-state index contributed by atoms with van der Waals surface area (Å²) in [5.41, 5.74) is 11.0. The van der Waals surface area contributed by atoms with Crippen molar-refractivity contribution in [3.05, 3.63) is 18.2 Å². The molecule has 7 nitrogen and oxygen atoms in total. The zero-order chi connectivity index (χ0) is 16.2. The van der Waals surface area contributed by atoms with Crippen LogP contribution in [-0.2, 0) is 14.8 Å². The normalized spacial score (nSPS) is 11.9. The number of sulfonamides is 1. The van der Waals surface area contributed by atoms with E-state index in [-0.39, 0.29) is 29.6 Å². The molecule has 1 rings (SSSR count). The highest BCUT2D eigenvalue weighted by atomic mass is 32.2. The van der Waals surface area contributed by atoms with Crippen molar-refractivity contribution >= 4 is 21.6 Å². The SMILES string of the molecule is COc1ccc(S(=O)(=O)N(CC(N)=O)CC(C)C)c(N)c1. The van der Waals surface area contributed by atoms with E-state index in [1.165, 1.54) is 25.3 Å². The van der Waals surface area contributed by atoms with Gasteiger partial charge in [-0.05, 0) is 18.1 Å². The van der Waals surface area contributed by atoms with Crippen LogP contribution in [0.2, 0.25) is 0 Å². The minimum absolute atomic E-state index is 0.0404. The number of carbonyl (C=O) groups excluding carboxylic acids is 1. The number of amides is 1. The summed E-state index contributed by atoms with van der Waals surface area (Å²) in [5.74, 6) is -0.221. The lowest BCUT2D eigenvalue weighted by molar-refractivity contribution is -0.118. The highest BCUT2D eigenvalue weighted by molar-refractivity contribution is 7.89. The summed E-state index contributed by atoms with van der Waals surface area (Å²) in [6, 6.07) is 4.28. The molecule has 0 atom stereocenters. The number of primary amides is 1. The molecule has 8 heteroatoms. The average Bonchev–Trinajstić information content (AvgIpc) is 2.36. The van der Waals surface area contributed by atoms with E-state index in [1.807, 2.05) is 13.8 Å². The summed E-state index contributed by atoms with van der Waals surface area (Å²) < 4.78 is 31.3. The Kier molecular flexibility index (Phi) is 5.56. The van der Waals surface area contributed by atoms with E-state index in [1.54, 1.807) is 0 Å². The van der Waals surface area contributed by atoms with Gasteiger partial charge < -0.3 is 16.2 Å². The van der Waals surface area contributed by atoms with Gasteiger partial charge in [0.2, 0.25) is 15.9 Å². The molecule has 0 aromatic heterocycles. The van der Waals surface area contributed by atoms with E-state index in [2.05, 4.69) is 0 Å². The van der Waals surface area contributed by atoms with E-state index in [0.717, 1.165) is 4.31 Å². The maximum Gasteiger partial charge on any atom is 0.245 e. The van der Waals surface area contributed by atoms with E-state index >= 15 is 0 Å². The van der Waals surface area contributed by atoms with Crippen LogP contribution < -0.4 is 16.2 Å². The third kappa shape index (κ3) is 4.33. The van der Waals surface area contributed by atoms with Crippen molar-refractivity contribution in [1.29, 1.82) is 0 Å². The van der Waals surface area contributed by atoms with Crippen molar-refractivity contribution < 1.29 is 17.9 Å². The molecule has 0 aliphatic carbocycles. The van der Waals surface area contributed by atoms with E-state index < -0.39 is 15.9 Å². The Bertz CT molecular complexity index is 614. The fourth-order valence-electron chi connectivity index (χ4n) is 1.86. The molecule has 0 spiro atoms. The number of methoxy groups -OCH3 is 1. The van der Waals surface area contributed by atoms with Crippen LogP contribution in [0.3, 0.4) is 0 Å². The van der Waals surface area contributed by atoms with Crippen molar-refractivity contribution in [2.75, 3.05) is 25.9 Å². The second-order valence-electron chi connectivity index (χ2n) is 5.06. The first-order valence-corrected chi connectivity index (χ1v) is 7.84. The molecule has 4 N–H and O–H groups in total. The summed E-state index contributed by atoms with van der Waals surface area (Å²) in [7, 11) is -2.44. The lowest BCUT2D eigenvalue weighted by atomic mass is 10.2. The lowest BCUT2D eigenvalue weighted by Crippen LogP contribution is -2.40. The maximum absolute atomic E-state index is 12.6. The molecule has 21 heavy (non-hydrogen) atoms. The number of ether oxygens (including phenoxy) is 1. The Labute approximate surface area is 124 Å². The molecule has 0 fully saturated rings. The van der Waals surface area contributed by atoms with Crippen molar-refractivity contribution in [3.8, 4) is 5.75 Å². The van der Waals surface area contributed by atoms with Gasteiger partial charge in [-0.2, -0.15) is 4.31 Å². The third-order valence-corrected chi connectivity index (χ3v) is 4.62. The molecule has 0 saturated carbocycles. The highest BCUT2D eigenvalue weighted by Gasteiger charge is 2.28. The van der Waals surface area contributed by atoms with Gasteiger partial charge in [-0.15, -0.1) is 0 Å². The van der Waals surface area contributed by atoms with Crippen molar-refractivity contribution in [2.24, 2.45) is 11.7 Å². The number of nitrogens with zero attached hydrogens (tertiary/aromatic N) is 1. The van der Waals surface area contributed by atoms with Gasteiger partial charge in [-0.25, -0.2) is 8.42 Å². The fraction of sp³-hybridized carbons (Fsp3) is 0.462. The monoisotopic (exact) mass is 315 g/mol. The number of benzene rings is 1. The van der Waals surface area contributed by atoms with Crippen LogP contribution in [0.5, 0.6) is 5.75 Å². The molecule has 0 heterocycles. The Morgan fingerprint density at radius 2 is 2.00 bits per heavy atom. The van der Waals surface area contributed by atoms with Gasteiger partial charge in [0.05, 0.1) is 19.3 Å². The lowest BCUT2D eigenvalue weighted by Gasteiger charge is -2.23. The first kappa shape index (κ1) is 17.3. The van der Waals surface area contributed by atoms with Crippen LogP contribution in [0, 0.1) is 5.92 Å². The second-order valence-corrected chi connectivity index (χ2v) is 6.97. The summed E-state index contributed by atoms with van der Waals surface area (Å²) in [6.45, 7) is 3.49. The number of hydrogen-bond acceptors (Lipinski definition) is 5. The molecule has 0 saturated heterocycles. The van der Waals surface area contributed by atoms with Crippen LogP contribution in [0.1, 0.15) is 13.8 Å². The van der Waals surface area contributed by atoms with Gasteiger partial charge in [0.25, 0.3) is 0 Å². The molecular formula is C13H21N3O4S. The standard InChI is InChI=1S/C13H21N3O4S/c1-9(2)7-16(8-13(15)17)21(18,19)12-5-4-10(20-3)6-11(12)14/h4-6,9H,7-8,14H2,1-3H3,(H2,15,17). The van der Waals surface area contributed by atoms with Crippen LogP contribution in [-0.4, -0.2) is 38.8 Å². The molecule has 1 aromatic rings. The maximum atomic E-state index is 12.6. The topological polar surface area (TPSA) is 116 Å². The largest absolute Gasteiger partial charge is 0.497 e. The quantitative estimate of drug-likeness (QED) is 0.707. The zero-order valence-corrected chi connectivity index (χ0v) is 13.2. The van der Waals surface area contributed by atoms with Crippen molar-refractivity contribution in [3.63, 3.8) is 0 Å². The van der Waals surface area contributed by atoms with Gasteiger partial charge in [0.15, 0.2) is 0 Å². The minimum Gasteiger partial charge on any atom is -0.497 e. The number of rotatable bonds is 7. The van der Waals surface area contributed by atoms with Gasteiger partial charge in [-0.3, -0.25) is 4.79 Å². The highest BCUT2D eigenvalue weighted by Crippen LogP contribution is 2.26. The van der Waals surface area contributed by atoms with E-state index in [0.29, 0.717) is 5.75 Å². The minimum atomic E-state index is -3.89. The van der Waals surface area contributed by atoms with E-state index in [9.17, 15) is 13.2 Å². The summed E-state index contributed by atoms with van der Waals surface area (Å²) in [5, 5.41) is 0. The number of hydrogen-bond donors (Lipinski definition) is 2. The Hall–Kier alpha value is -1.80. The van der Waals surface area contributed by atoms with Crippen LogP contribution in [0.15, 0.2) is 23.1 Å². The van der Waals surface area contributed by atoms with Crippen LogP contribution in [0.4, 0.5) is 5.69 Å². The Balaban J connectivity index is 3.24. The molecule has 0 bridgehead atoms. The van der Waals surface area contributed by atoms with E-state index in [4.69, 9.17) is 16.2 Å². The predicted octanol–water partition coefficient (Wildman–Crippen LogP) is 0.409. The molecule has 118 valence electrons. The van der Waals surface area contributed by atoms with Gasteiger partial charge in [0, 0.05) is 12.6 Å². The number of nitrogen functional groups attached to an aromatic ring is 1. The molecule has 0 unspecified atom stereocenters. The molecule has 0 aliphatic heterocycles. The molecule has 0 aliphatic rings. The van der Waals surface area contributed by atoms with Gasteiger partial charge in [0.1, 0.15) is 10.6 Å². The van der Waals surface area contributed by atoms with Gasteiger partial charge >= 0.3 is 0 Å². The van der Waals surface area contributed by atoms with Gasteiger partial charge in [-0.1, -0.05) is 13.8 Å². The number of carbonyl (C=O) groups is 1. The van der Waals surface area contributed by atoms with Crippen molar-refractivity contribution in [2.45, 2.75) is 18.7 Å². The molecule has 1 aromatic carbocycles. The average molecular weight is 315 g/mol. The van der Waals surface area contributed by atoms with Crippen LogP contribution in [0.25, 0.3) is 0 Å². The Morgan fingerprint density at radius 1 is 1.38 bits per heavy atom. The number of anilines is 1.